The summed E-state index contributed by atoms with van der Waals surface area (Å²) in [5.74, 6) is 0.840. The fourth-order valence-corrected chi connectivity index (χ4v) is 1.60. The monoisotopic (exact) mass is 258 g/mol. The molecular formula is C11H7ClN6. The normalized spacial score (nSPS) is 10.5. The summed E-state index contributed by atoms with van der Waals surface area (Å²) in [4.78, 5) is 20.5. The van der Waals surface area contributed by atoms with Crippen LogP contribution in [0.1, 0.15) is 0 Å². The van der Waals surface area contributed by atoms with Crippen LogP contribution in [0.15, 0.2) is 43.1 Å². The molecule has 0 N–H and O–H groups in total. The van der Waals surface area contributed by atoms with E-state index in [1.54, 1.807) is 29.5 Å². The van der Waals surface area contributed by atoms with Gasteiger partial charge in [0.05, 0.1) is 0 Å². The highest BCUT2D eigenvalue weighted by Crippen LogP contribution is 2.14. The molecule has 0 radical (unpaired) electrons. The van der Waals surface area contributed by atoms with Crippen LogP contribution in [0.2, 0.25) is 5.28 Å². The molecule has 0 aliphatic carbocycles. The van der Waals surface area contributed by atoms with Gasteiger partial charge in [-0.25, -0.2) is 4.98 Å². The smallest absolute Gasteiger partial charge is 0.239 e. The second kappa shape index (κ2) is 4.50. The Morgan fingerprint density at radius 2 is 2.00 bits per heavy atom. The Bertz CT molecular complexity index is 653. The van der Waals surface area contributed by atoms with Crippen molar-refractivity contribution in [3.05, 3.63) is 48.4 Å². The maximum atomic E-state index is 5.89. The van der Waals surface area contributed by atoms with Gasteiger partial charge in [0.1, 0.15) is 12.0 Å². The minimum Gasteiger partial charge on any atom is -0.274 e. The summed E-state index contributed by atoms with van der Waals surface area (Å²) in [6.07, 6.45) is 6.63. The summed E-state index contributed by atoms with van der Waals surface area (Å²) >= 11 is 5.89. The van der Waals surface area contributed by atoms with Crippen molar-refractivity contribution in [1.29, 1.82) is 0 Å². The van der Waals surface area contributed by atoms with Gasteiger partial charge in [0.25, 0.3) is 0 Å². The van der Waals surface area contributed by atoms with Crippen LogP contribution in [0.25, 0.3) is 17.5 Å². The molecule has 0 fully saturated rings. The molecule has 6 nitrogen and oxygen atoms in total. The zero-order valence-electron chi connectivity index (χ0n) is 9.10. The minimum atomic E-state index is 0.120. The standard InChI is InChI=1S/C11H7ClN6/c12-10-15-9(8-3-1-2-4-14-8)16-11(17-10)18-6-5-13-7-18/h1-7H. The highest BCUT2D eigenvalue weighted by molar-refractivity contribution is 6.28. The molecule has 18 heavy (non-hydrogen) atoms. The Hall–Kier alpha value is -2.34. The van der Waals surface area contributed by atoms with Gasteiger partial charge in [-0.3, -0.25) is 9.55 Å². The average Bonchev–Trinajstić information content (AvgIpc) is 2.93. The highest BCUT2D eigenvalue weighted by Gasteiger charge is 2.08. The molecule has 3 rings (SSSR count). The van der Waals surface area contributed by atoms with Crippen LogP contribution in [-0.2, 0) is 0 Å². The maximum Gasteiger partial charge on any atom is 0.239 e. The summed E-state index contributed by atoms with van der Waals surface area (Å²) in [7, 11) is 0. The molecule has 0 amide bonds. The van der Waals surface area contributed by atoms with Gasteiger partial charge in [-0.1, -0.05) is 6.07 Å². The number of rotatable bonds is 2. The SMILES string of the molecule is Clc1nc(-c2ccccn2)nc(-n2ccnc2)n1. The van der Waals surface area contributed by atoms with E-state index in [2.05, 4.69) is 24.9 Å². The number of pyridine rings is 1. The third-order valence-corrected chi connectivity index (χ3v) is 2.39. The lowest BCUT2D eigenvalue weighted by Crippen LogP contribution is -2.03. The lowest BCUT2D eigenvalue weighted by Gasteiger charge is -2.03. The van der Waals surface area contributed by atoms with Gasteiger partial charge >= 0.3 is 0 Å². The molecule has 0 unspecified atom stereocenters. The molecule has 0 aliphatic rings. The third-order valence-electron chi connectivity index (χ3n) is 2.23. The first kappa shape index (κ1) is 10.8. The molecule has 7 heteroatoms. The third kappa shape index (κ3) is 2.05. The van der Waals surface area contributed by atoms with E-state index in [4.69, 9.17) is 11.6 Å². The van der Waals surface area contributed by atoms with Crippen molar-refractivity contribution < 1.29 is 0 Å². The molecule has 3 heterocycles. The van der Waals surface area contributed by atoms with E-state index < -0.39 is 0 Å². The average molecular weight is 259 g/mol. The molecule has 0 atom stereocenters. The number of imidazole rings is 1. The van der Waals surface area contributed by atoms with Gasteiger partial charge < -0.3 is 0 Å². The molecule has 0 saturated heterocycles. The predicted molar refractivity (Wildman–Crippen MR) is 65.2 cm³/mol. The Balaban J connectivity index is 2.12. The lowest BCUT2D eigenvalue weighted by atomic mass is 10.3. The minimum absolute atomic E-state index is 0.120. The van der Waals surface area contributed by atoms with E-state index in [9.17, 15) is 0 Å². The highest BCUT2D eigenvalue weighted by atomic mass is 35.5. The predicted octanol–water partition coefficient (Wildman–Crippen LogP) is 1.77. The van der Waals surface area contributed by atoms with E-state index >= 15 is 0 Å². The van der Waals surface area contributed by atoms with Gasteiger partial charge in [0, 0.05) is 18.6 Å². The Kier molecular flexibility index (Phi) is 2.70. The van der Waals surface area contributed by atoms with E-state index in [1.165, 1.54) is 0 Å². The van der Waals surface area contributed by atoms with Gasteiger partial charge in [0.15, 0.2) is 5.82 Å². The molecule has 3 aromatic rings. The van der Waals surface area contributed by atoms with Crippen LogP contribution in [0.3, 0.4) is 0 Å². The van der Waals surface area contributed by atoms with Crippen molar-refractivity contribution in [3.63, 3.8) is 0 Å². The van der Waals surface area contributed by atoms with Crippen LogP contribution in [-0.4, -0.2) is 29.5 Å². The van der Waals surface area contributed by atoms with Crippen LogP contribution >= 0.6 is 11.6 Å². The number of hydrogen-bond donors (Lipinski definition) is 0. The van der Waals surface area contributed by atoms with Gasteiger partial charge in [-0.2, -0.15) is 15.0 Å². The molecule has 0 spiro atoms. The van der Waals surface area contributed by atoms with Crippen LogP contribution in [0.4, 0.5) is 0 Å². The molecule has 88 valence electrons. The molecule has 0 aliphatic heterocycles. The molecule has 3 aromatic heterocycles. The molecular weight excluding hydrogens is 252 g/mol. The Morgan fingerprint density at radius 3 is 2.72 bits per heavy atom. The lowest BCUT2D eigenvalue weighted by molar-refractivity contribution is 0.896. The summed E-state index contributed by atoms with van der Waals surface area (Å²) in [5.41, 5.74) is 0.642. The summed E-state index contributed by atoms with van der Waals surface area (Å²) in [6.45, 7) is 0. The zero-order valence-corrected chi connectivity index (χ0v) is 9.86. The first-order valence-corrected chi connectivity index (χ1v) is 5.52. The van der Waals surface area contributed by atoms with Crippen molar-refractivity contribution in [1.82, 2.24) is 29.5 Å². The Labute approximate surface area is 107 Å². The molecule has 0 bridgehead atoms. The number of nitrogens with zero attached hydrogens (tertiary/aromatic N) is 6. The second-order valence-electron chi connectivity index (χ2n) is 3.41. The van der Waals surface area contributed by atoms with Gasteiger partial charge in [-0.15, -0.1) is 0 Å². The topological polar surface area (TPSA) is 69.4 Å². The van der Waals surface area contributed by atoms with Crippen LogP contribution in [0.5, 0.6) is 0 Å². The number of hydrogen-bond acceptors (Lipinski definition) is 5. The molecule has 0 aromatic carbocycles. The number of aromatic nitrogens is 6. The van der Waals surface area contributed by atoms with Crippen molar-refractivity contribution >= 4 is 11.6 Å². The molecule has 0 saturated carbocycles. The van der Waals surface area contributed by atoms with Crippen LogP contribution in [0, 0.1) is 0 Å². The Morgan fingerprint density at radius 1 is 1.06 bits per heavy atom. The van der Waals surface area contributed by atoms with E-state index in [0.29, 0.717) is 17.5 Å². The van der Waals surface area contributed by atoms with Crippen LogP contribution < -0.4 is 0 Å². The van der Waals surface area contributed by atoms with Gasteiger partial charge in [0.2, 0.25) is 11.2 Å². The first-order valence-electron chi connectivity index (χ1n) is 5.14. The second-order valence-corrected chi connectivity index (χ2v) is 3.75. The van der Waals surface area contributed by atoms with E-state index in [1.807, 2.05) is 18.2 Å². The van der Waals surface area contributed by atoms with Gasteiger partial charge in [-0.05, 0) is 23.7 Å². The summed E-state index contributed by atoms with van der Waals surface area (Å²) in [6, 6.07) is 5.49. The quantitative estimate of drug-likeness (QED) is 0.701. The fraction of sp³-hybridized carbons (Fsp3) is 0. The van der Waals surface area contributed by atoms with Crippen molar-refractivity contribution in [3.8, 4) is 17.5 Å². The van der Waals surface area contributed by atoms with Crippen molar-refractivity contribution in [2.45, 2.75) is 0 Å². The summed E-state index contributed by atoms with van der Waals surface area (Å²) < 4.78 is 1.65. The maximum absolute atomic E-state index is 5.89. The first-order chi connectivity index (χ1) is 8.83. The van der Waals surface area contributed by atoms with E-state index in [-0.39, 0.29) is 5.28 Å². The van der Waals surface area contributed by atoms with E-state index in [0.717, 1.165) is 0 Å². The largest absolute Gasteiger partial charge is 0.274 e. The zero-order chi connectivity index (χ0) is 12.4. The summed E-state index contributed by atoms with van der Waals surface area (Å²) in [5, 5.41) is 0.120. The van der Waals surface area contributed by atoms with Crippen molar-refractivity contribution in [2.75, 3.05) is 0 Å². The fourth-order valence-electron chi connectivity index (χ4n) is 1.44. The van der Waals surface area contributed by atoms with Crippen molar-refractivity contribution in [2.24, 2.45) is 0 Å². The number of halogens is 1.